The van der Waals surface area contributed by atoms with Gasteiger partial charge in [0.2, 0.25) is 0 Å². The number of carbonyl (C=O) groups excluding carboxylic acids is 1. The lowest BCUT2D eigenvalue weighted by Gasteiger charge is -2.00. The normalized spacial score (nSPS) is 11.3. The predicted octanol–water partition coefficient (Wildman–Crippen LogP) is -3.71. The van der Waals surface area contributed by atoms with Gasteiger partial charge in [0.05, 0.1) is 32.3 Å². The SMILES string of the molecule is CC(O)C(=O)[O-].C[NH2+]CCO. The third kappa shape index (κ3) is 17.6. The lowest BCUT2D eigenvalue weighted by molar-refractivity contribution is -0.628. The van der Waals surface area contributed by atoms with Crippen LogP contribution in [-0.2, 0) is 4.79 Å². The number of carbonyl (C=O) groups is 1. The fourth-order valence-electron chi connectivity index (χ4n) is 0.129. The molecule has 5 heteroatoms. The average molecular weight is 165 g/mol. The first-order valence-corrected chi connectivity index (χ1v) is 3.33. The summed E-state index contributed by atoms with van der Waals surface area (Å²) in [6, 6.07) is 0. The largest absolute Gasteiger partial charge is 0.547 e. The van der Waals surface area contributed by atoms with Gasteiger partial charge in [0.15, 0.2) is 0 Å². The van der Waals surface area contributed by atoms with Gasteiger partial charge >= 0.3 is 0 Å². The van der Waals surface area contributed by atoms with E-state index in [0.29, 0.717) is 0 Å². The Hall–Kier alpha value is -0.650. The number of carboxylic acid groups (broad SMARTS) is 1. The maximum atomic E-state index is 9.34. The van der Waals surface area contributed by atoms with Crippen molar-refractivity contribution in [2.24, 2.45) is 0 Å². The topological polar surface area (TPSA) is 97.2 Å². The van der Waals surface area contributed by atoms with Crippen molar-refractivity contribution >= 4 is 5.97 Å². The fraction of sp³-hybridized carbons (Fsp3) is 0.833. The first kappa shape index (κ1) is 13.0. The number of carboxylic acids is 1. The Balaban J connectivity index is 0. The smallest absolute Gasteiger partial charge is 0.0988 e. The number of nitrogens with two attached hydrogens (primary N) is 1. The summed E-state index contributed by atoms with van der Waals surface area (Å²) in [6.07, 6.45) is -1.34. The molecule has 0 spiro atoms. The van der Waals surface area contributed by atoms with Crippen LogP contribution in [0.15, 0.2) is 0 Å². The summed E-state index contributed by atoms with van der Waals surface area (Å²) >= 11 is 0. The summed E-state index contributed by atoms with van der Waals surface area (Å²) in [5, 5.41) is 27.3. The van der Waals surface area contributed by atoms with Gasteiger partial charge in [0.25, 0.3) is 0 Å². The Bertz CT molecular complexity index is 92.6. The van der Waals surface area contributed by atoms with Gasteiger partial charge in [0.1, 0.15) is 0 Å². The van der Waals surface area contributed by atoms with Crippen molar-refractivity contribution in [1.82, 2.24) is 0 Å². The standard InChI is InChI=1S/C3H9NO.C3H6O3/c1-4-2-3-5;1-2(4)3(5)6/h4-5H,2-3H2,1H3;2,4H,1H3,(H,5,6). The van der Waals surface area contributed by atoms with Crippen molar-refractivity contribution in [3.05, 3.63) is 0 Å². The summed E-state index contributed by atoms with van der Waals surface area (Å²) in [5.41, 5.74) is 0. The highest BCUT2D eigenvalue weighted by Gasteiger charge is 1.89. The molecular formula is C6H15NO4. The molecule has 0 aromatic heterocycles. The van der Waals surface area contributed by atoms with E-state index in [2.05, 4.69) is 0 Å². The van der Waals surface area contributed by atoms with Crippen LogP contribution in [0.25, 0.3) is 0 Å². The van der Waals surface area contributed by atoms with Crippen LogP contribution in [-0.4, -0.2) is 42.5 Å². The molecule has 4 N–H and O–H groups in total. The zero-order chi connectivity index (χ0) is 9.28. The lowest BCUT2D eigenvalue weighted by Crippen LogP contribution is -2.80. The van der Waals surface area contributed by atoms with Crippen molar-refractivity contribution in [2.75, 3.05) is 20.2 Å². The van der Waals surface area contributed by atoms with Gasteiger partial charge in [-0.2, -0.15) is 0 Å². The van der Waals surface area contributed by atoms with E-state index in [4.69, 9.17) is 10.2 Å². The van der Waals surface area contributed by atoms with E-state index in [1.165, 1.54) is 0 Å². The molecule has 0 rings (SSSR count). The second-order valence-corrected chi connectivity index (χ2v) is 1.92. The van der Waals surface area contributed by atoms with Gasteiger partial charge in [-0.15, -0.1) is 0 Å². The highest BCUT2D eigenvalue weighted by Crippen LogP contribution is 1.69. The number of hydrogen-bond acceptors (Lipinski definition) is 4. The summed E-state index contributed by atoms with van der Waals surface area (Å²) < 4.78 is 0. The molecule has 0 heterocycles. The summed E-state index contributed by atoms with van der Waals surface area (Å²) in [6.45, 7) is 2.24. The number of aliphatic carboxylic acids is 1. The lowest BCUT2D eigenvalue weighted by atomic mass is 10.4. The molecule has 1 unspecified atom stereocenters. The third-order valence-electron chi connectivity index (χ3n) is 0.759. The molecule has 11 heavy (non-hydrogen) atoms. The van der Waals surface area contributed by atoms with Gasteiger partial charge < -0.3 is 25.4 Å². The number of rotatable bonds is 3. The van der Waals surface area contributed by atoms with Gasteiger partial charge in [-0.3, -0.25) is 0 Å². The Morgan fingerprint density at radius 3 is 2.09 bits per heavy atom. The summed E-state index contributed by atoms with van der Waals surface area (Å²) in [7, 11) is 1.93. The number of quaternary nitrogens is 1. The van der Waals surface area contributed by atoms with Crippen LogP contribution in [0, 0.1) is 0 Å². The van der Waals surface area contributed by atoms with Crippen LogP contribution >= 0.6 is 0 Å². The molecule has 68 valence electrons. The molecule has 0 aliphatic heterocycles. The van der Waals surface area contributed by atoms with Crippen LogP contribution in [0.4, 0.5) is 0 Å². The van der Waals surface area contributed by atoms with Crippen LogP contribution in [0.1, 0.15) is 6.92 Å². The molecule has 0 bridgehead atoms. The second-order valence-electron chi connectivity index (χ2n) is 1.92. The van der Waals surface area contributed by atoms with Gasteiger partial charge in [-0.05, 0) is 6.92 Å². The Morgan fingerprint density at radius 1 is 1.73 bits per heavy atom. The van der Waals surface area contributed by atoms with Crippen molar-refractivity contribution in [3.63, 3.8) is 0 Å². The molecule has 0 amide bonds. The zero-order valence-electron chi connectivity index (χ0n) is 6.78. The van der Waals surface area contributed by atoms with E-state index >= 15 is 0 Å². The first-order valence-electron chi connectivity index (χ1n) is 3.33. The molecular weight excluding hydrogens is 150 g/mol. The summed E-state index contributed by atoms with van der Waals surface area (Å²) in [4.78, 5) is 9.34. The van der Waals surface area contributed by atoms with Gasteiger partial charge in [0, 0.05) is 0 Å². The second kappa shape index (κ2) is 9.35. The van der Waals surface area contributed by atoms with Crippen molar-refractivity contribution in [2.45, 2.75) is 13.0 Å². The van der Waals surface area contributed by atoms with Crippen LogP contribution in [0.3, 0.4) is 0 Å². The predicted molar refractivity (Wildman–Crippen MR) is 36.5 cm³/mol. The van der Waals surface area contributed by atoms with Gasteiger partial charge in [-0.1, -0.05) is 0 Å². The van der Waals surface area contributed by atoms with Crippen molar-refractivity contribution in [3.8, 4) is 0 Å². The number of hydrogen-bond donors (Lipinski definition) is 3. The number of likely N-dealkylation sites (N-methyl/N-ethyl adjacent to an activating group) is 1. The molecule has 0 saturated heterocycles. The molecule has 0 aliphatic carbocycles. The van der Waals surface area contributed by atoms with E-state index in [1.54, 1.807) is 0 Å². The highest BCUT2D eigenvalue weighted by atomic mass is 16.4. The van der Waals surface area contributed by atoms with Crippen LogP contribution in [0.2, 0.25) is 0 Å². The summed E-state index contributed by atoms with van der Waals surface area (Å²) in [5.74, 6) is -1.44. The third-order valence-corrected chi connectivity index (χ3v) is 0.759. The maximum absolute atomic E-state index is 9.34. The van der Waals surface area contributed by atoms with E-state index < -0.39 is 12.1 Å². The van der Waals surface area contributed by atoms with Crippen molar-refractivity contribution < 1.29 is 25.4 Å². The molecule has 0 fully saturated rings. The molecule has 0 aromatic carbocycles. The maximum Gasteiger partial charge on any atom is 0.0988 e. The number of aliphatic hydroxyl groups excluding tert-OH is 2. The van der Waals surface area contributed by atoms with E-state index in [-0.39, 0.29) is 6.61 Å². The van der Waals surface area contributed by atoms with E-state index in [0.717, 1.165) is 13.5 Å². The number of aliphatic hydroxyl groups is 2. The Morgan fingerprint density at radius 2 is 2.09 bits per heavy atom. The zero-order valence-corrected chi connectivity index (χ0v) is 6.78. The van der Waals surface area contributed by atoms with Crippen LogP contribution < -0.4 is 10.4 Å². The molecule has 5 nitrogen and oxygen atoms in total. The minimum atomic E-state index is -1.44. The van der Waals surface area contributed by atoms with Crippen molar-refractivity contribution in [1.29, 1.82) is 0 Å². The molecule has 0 saturated carbocycles. The molecule has 0 radical (unpaired) electrons. The molecule has 1 atom stereocenters. The Labute approximate surface area is 65.7 Å². The fourth-order valence-corrected chi connectivity index (χ4v) is 0.129. The molecule has 0 aromatic rings. The molecule has 0 aliphatic rings. The average Bonchev–Trinajstić information content (AvgIpc) is 1.90. The van der Waals surface area contributed by atoms with E-state index in [9.17, 15) is 9.90 Å². The highest BCUT2D eigenvalue weighted by molar-refractivity contribution is 5.68. The minimum Gasteiger partial charge on any atom is -0.547 e. The minimum absolute atomic E-state index is 0.288. The van der Waals surface area contributed by atoms with E-state index in [1.807, 2.05) is 12.4 Å². The monoisotopic (exact) mass is 165 g/mol. The Kier molecular flexibility index (Phi) is 11.0. The van der Waals surface area contributed by atoms with Crippen LogP contribution in [0.5, 0.6) is 0 Å². The first-order chi connectivity index (χ1) is 5.06. The quantitative estimate of drug-likeness (QED) is 0.401. The van der Waals surface area contributed by atoms with Gasteiger partial charge in [-0.25, -0.2) is 0 Å².